The summed E-state index contributed by atoms with van der Waals surface area (Å²) in [6.07, 6.45) is 2.71. The second-order valence-electron chi connectivity index (χ2n) is 5.75. The number of hydrogen-bond donors (Lipinski definition) is 2. The van der Waals surface area contributed by atoms with E-state index in [1.54, 1.807) is 24.1 Å². The molecule has 5 nitrogen and oxygen atoms in total. The third-order valence-corrected chi connectivity index (χ3v) is 4.11. The number of aliphatic hydroxyl groups is 1. The molecule has 1 aromatic heterocycles. The minimum atomic E-state index is -0.275. The fraction of sp³-hybridized carbons (Fsp3) is 0.375. The van der Waals surface area contributed by atoms with E-state index in [1.807, 2.05) is 12.1 Å². The zero-order valence-electron chi connectivity index (χ0n) is 11.9. The maximum atomic E-state index is 12.4. The highest BCUT2D eigenvalue weighted by Gasteiger charge is 2.29. The lowest BCUT2D eigenvalue weighted by Crippen LogP contribution is -2.40. The van der Waals surface area contributed by atoms with Crippen molar-refractivity contribution in [3.05, 3.63) is 46.2 Å². The van der Waals surface area contributed by atoms with Crippen LogP contribution in [0.15, 0.2) is 35.3 Å². The SMILES string of the molecule is CN(CC1CC(O)C1)C(=O)c1c[nH]c2ccccc2c1=O. The van der Waals surface area contributed by atoms with E-state index in [4.69, 9.17) is 0 Å². The summed E-state index contributed by atoms with van der Waals surface area (Å²) in [6.45, 7) is 0.572. The number of fused-ring (bicyclic) bond motifs is 1. The summed E-state index contributed by atoms with van der Waals surface area (Å²) in [7, 11) is 1.70. The lowest BCUT2D eigenvalue weighted by atomic mass is 9.82. The van der Waals surface area contributed by atoms with E-state index in [0.29, 0.717) is 17.8 Å². The number of H-pyrrole nitrogens is 1. The van der Waals surface area contributed by atoms with Crippen molar-refractivity contribution in [1.82, 2.24) is 9.88 Å². The highest BCUT2D eigenvalue weighted by Crippen LogP contribution is 2.27. The molecule has 0 unspecified atom stereocenters. The number of aromatic amines is 1. The molecule has 2 N–H and O–H groups in total. The first kappa shape index (κ1) is 13.8. The van der Waals surface area contributed by atoms with Crippen LogP contribution in [0.1, 0.15) is 23.2 Å². The average molecular weight is 286 g/mol. The van der Waals surface area contributed by atoms with Gasteiger partial charge in [0.25, 0.3) is 5.91 Å². The van der Waals surface area contributed by atoms with Crippen LogP contribution in [-0.4, -0.2) is 40.6 Å². The van der Waals surface area contributed by atoms with Crippen molar-refractivity contribution in [3.63, 3.8) is 0 Å². The molecule has 21 heavy (non-hydrogen) atoms. The Labute approximate surface area is 122 Å². The monoisotopic (exact) mass is 286 g/mol. The molecule has 0 bridgehead atoms. The van der Waals surface area contributed by atoms with E-state index in [9.17, 15) is 14.7 Å². The van der Waals surface area contributed by atoms with Crippen molar-refractivity contribution in [2.75, 3.05) is 13.6 Å². The fourth-order valence-corrected chi connectivity index (χ4v) is 2.85. The van der Waals surface area contributed by atoms with Gasteiger partial charge in [-0.05, 0) is 30.9 Å². The Morgan fingerprint density at radius 1 is 1.38 bits per heavy atom. The lowest BCUT2D eigenvalue weighted by molar-refractivity contribution is 0.0265. The number of pyridine rings is 1. The van der Waals surface area contributed by atoms with Crippen LogP contribution >= 0.6 is 0 Å². The maximum absolute atomic E-state index is 12.4. The largest absolute Gasteiger partial charge is 0.393 e. The van der Waals surface area contributed by atoms with Crippen LogP contribution in [-0.2, 0) is 0 Å². The van der Waals surface area contributed by atoms with E-state index in [2.05, 4.69) is 4.98 Å². The van der Waals surface area contributed by atoms with Crippen molar-refractivity contribution in [2.45, 2.75) is 18.9 Å². The number of carbonyl (C=O) groups is 1. The summed E-state index contributed by atoms with van der Waals surface area (Å²) in [6, 6.07) is 7.15. The van der Waals surface area contributed by atoms with Crippen molar-refractivity contribution in [3.8, 4) is 0 Å². The van der Waals surface area contributed by atoms with Crippen molar-refractivity contribution < 1.29 is 9.90 Å². The molecule has 1 fully saturated rings. The first-order valence-electron chi connectivity index (χ1n) is 7.10. The van der Waals surface area contributed by atoms with Gasteiger partial charge in [-0.2, -0.15) is 0 Å². The third kappa shape index (κ3) is 2.56. The van der Waals surface area contributed by atoms with Gasteiger partial charge in [-0.3, -0.25) is 9.59 Å². The third-order valence-electron chi connectivity index (χ3n) is 4.11. The molecule has 3 rings (SSSR count). The standard InChI is InChI=1S/C16H18N2O3/c1-18(9-10-6-11(19)7-10)16(21)13-8-17-14-5-3-2-4-12(14)15(13)20/h2-5,8,10-11,19H,6-7,9H2,1H3,(H,17,20). The Bertz CT molecular complexity index is 732. The van der Waals surface area contributed by atoms with E-state index in [0.717, 1.165) is 18.4 Å². The van der Waals surface area contributed by atoms with Gasteiger partial charge in [0.1, 0.15) is 5.56 Å². The molecule has 1 amide bonds. The number of nitrogens with one attached hydrogen (secondary N) is 1. The number of aliphatic hydroxyl groups excluding tert-OH is 1. The van der Waals surface area contributed by atoms with Gasteiger partial charge in [-0.15, -0.1) is 0 Å². The van der Waals surface area contributed by atoms with Crippen LogP contribution in [0.5, 0.6) is 0 Å². The van der Waals surface area contributed by atoms with Crippen LogP contribution in [0.2, 0.25) is 0 Å². The van der Waals surface area contributed by atoms with Crippen LogP contribution in [0.25, 0.3) is 10.9 Å². The van der Waals surface area contributed by atoms with Gasteiger partial charge in [0.05, 0.1) is 6.10 Å². The number of rotatable bonds is 3. The number of amides is 1. The zero-order chi connectivity index (χ0) is 15.0. The summed E-state index contributed by atoms with van der Waals surface area (Å²) in [5, 5.41) is 9.81. The van der Waals surface area contributed by atoms with E-state index in [-0.39, 0.29) is 23.0 Å². The second kappa shape index (κ2) is 5.33. The van der Waals surface area contributed by atoms with Gasteiger partial charge < -0.3 is 15.0 Å². The molecule has 1 heterocycles. The molecule has 1 aliphatic rings. The number of para-hydroxylation sites is 1. The molecule has 5 heteroatoms. The van der Waals surface area contributed by atoms with E-state index < -0.39 is 0 Å². The number of aromatic nitrogens is 1. The van der Waals surface area contributed by atoms with Crippen LogP contribution in [0.4, 0.5) is 0 Å². The lowest BCUT2D eigenvalue weighted by Gasteiger charge is -2.34. The van der Waals surface area contributed by atoms with Crippen LogP contribution in [0, 0.1) is 5.92 Å². The van der Waals surface area contributed by atoms with Gasteiger partial charge in [-0.25, -0.2) is 0 Å². The molecule has 1 aliphatic carbocycles. The fourth-order valence-electron chi connectivity index (χ4n) is 2.85. The van der Waals surface area contributed by atoms with Gasteiger partial charge in [0.15, 0.2) is 0 Å². The molecule has 0 spiro atoms. The number of nitrogens with zero attached hydrogens (tertiary/aromatic N) is 1. The van der Waals surface area contributed by atoms with Gasteiger partial charge >= 0.3 is 0 Å². The molecule has 0 radical (unpaired) electrons. The summed E-state index contributed by atoms with van der Waals surface area (Å²) < 4.78 is 0. The minimum absolute atomic E-state index is 0.163. The molecule has 0 aliphatic heterocycles. The molecular formula is C16H18N2O3. The highest BCUT2D eigenvalue weighted by atomic mass is 16.3. The Morgan fingerprint density at radius 3 is 2.81 bits per heavy atom. The highest BCUT2D eigenvalue weighted by molar-refractivity contribution is 5.96. The van der Waals surface area contributed by atoms with Gasteiger partial charge in [-0.1, -0.05) is 12.1 Å². The number of hydrogen-bond acceptors (Lipinski definition) is 3. The van der Waals surface area contributed by atoms with Gasteiger partial charge in [0, 0.05) is 30.7 Å². The van der Waals surface area contributed by atoms with E-state index >= 15 is 0 Å². The predicted octanol–water partition coefficient (Wildman–Crippen LogP) is 1.37. The summed E-state index contributed by atoms with van der Waals surface area (Å²) in [5.74, 6) is 0.0527. The summed E-state index contributed by atoms with van der Waals surface area (Å²) in [5.41, 5.74) is 0.648. The molecule has 0 saturated heterocycles. The minimum Gasteiger partial charge on any atom is -0.393 e. The summed E-state index contributed by atoms with van der Waals surface area (Å²) in [4.78, 5) is 29.4. The van der Waals surface area contributed by atoms with E-state index in [1.165, 1.54) is 6.20 Å². The average Bonchev–Trinajstić information content (AvgIpc) is 2.45. The topological polar surface area (TPSA) is 73.4 Å². The smallest absolute Gasteiger partial charge is 0.259 e. The molecule has 0 atom stereocenters. The second-order valence-corrected chi connectivity index (χ2v) is 5.75. The Hall–Kier alpha value is -2.14. The zero-order valence-corrected chi connectivity index (χ0v) is 11.9. The molecular weight excluding hydrogens is 268 g/mol. The number of carbonyl (C=O) groups excluding carboxylic acids is 1. The first-order valence-corrected chi connectivity index (χ1v) is 7.10. The molecule has 2 aromatic rings. The van der Waals surface area contributed by atoms with Gasteiger partial charge in [0.2, 0.25) is 5.43 Å². The van der Waals surface area contributed by atoms with Crippen molar-refractivity contribution in [2.24, 2.45) is 5.92 Å². The first-order chi connectivity index (χ1) is 10.1. The maximum Gasteiger partial charge on any atom is 0.259 e. The Morgan fingerprint density at radius 2 is 2.10 bits per heavy atom. The quantitative estimate of drug-likeness (QED) is 0.895. The predicted molar refractivity (Wildman–Crippen MR) is 80.3 cm³/mol. The summed E-state index contributed by atoms with van der Waals surface area (Å²) >= 11 is 0. The van der Waals surface area contributed by atoms with Crippen molar-refractivity contribution >= 4 is 16.8 Å². The molecule has 110 valence electrons. The Kier molecular flexibility index (Phi) is 3.51. The molecule has 1 aromatic carbocycles. The van der Waals surface area contributed by atoms with Crippen LogP contribution in [0.3, 0.4) is 0 Å². The normalized spacial score (nSPS) is 21.0. The Balaban J connectivity index is 1.84. The number of benzene rings is 1. The van der Waals surface area contributed by atoms with Crippen LogP contribution < -0.4 is 5.43 Å². The molecule has 1 saturated carbocycles. The van der Waals surface area contributed by atoms with Crippen molar-refractivity contribution in [1.29, 1.82) is 0 Å².